The summed E-state index contributed by atoms with van der Waals surface area (Å²) < 4.78 is 0. The summed E-state index contributed by atoms with van der Waals surface area (Å²) in [5, 5.41) is 30.5. The largest absolute Gasteiger partial charge is 0.504 e. The fraction of sp³-hybridized carbons (Fsp3) is 0.125. The molecule has 0 aromatic heterocycles. The number of imide groups is 1. The summed E-state index contributed by atoms with van der Waals surface area (Å²) in [5.74, 6) is -2.10. The van der Waals surface area contributed by atoms with Crippen molar-refractivity contribution >= 4 is 11.8 Å². The number of hydrogen-bond acceptors (Lipinski definition) is 5. The van der Waals surface area contributed by atoms with Gasteiger partial charge < -0.3 is 15.3 Å². The minimum Gasteiger partial charge on any atom is -0.504 e. The SMILES string of the molecule is O=C1NC(=O)c2cc(CCc3cc(O)c(O)c(O)c3)ccc21. The number of carbonyl (C=O) groups excluding carboxylic acids is 2. The molecule has 0 fully saturated rings. The zero-order valence-electron chi connectivity index (χ0n) is 11.5. The number of amides is 2. The summed E-state index contributed by atoms with van der Waals surface area (Å²) in [6, 6.07) is 7.78. The Morgan fingerprint density at radius 3 is 2.05 bits per heavy atom. The van der Waals surface area contributed by atoms with Gasteiger partial charge in [-0.15, -0.1) is 0 Å². The van der Waals surface area contributed by atoms with E-state index >= 15 is 0 Å². The lowest BCUT2D eigenvalue weighted by molar-refractivity contribution is 0.0879. The van der Waals surface area contributed by atoms with Crippen LogP contribution in [0.2, 0.25) is 0 Å². The molecule has 2 aromatic rings. The van der Waals surface area contributed by atoms with Crippen molar-refractivity contribution in [2.75, 3.05) is 0 Å². The molecule has 1 heterocycles. The highest BCUT2D eigenvalue weighted by Crippen LogP contribution is 2.35. The lowest BCUT2D eigenvalue weighted by atomic mass is 10.00. The first kappa shape index (κ1) is 13.9. The zero-order chi connectivity index (χ0) is 15.9. The van der Waals surface area contributed by atoms with Gasteiger partial charge in [0.15, 0.2) is 17.2 Å². The van der Waals surface area contributed by atoms with Crippen molar-refractivity contribution in [1.82, 2.24) is 5.32 Å². The number of phenols is 3. The van der Waals surface area contributed by atoms with Crippen LogP contribution >= 0.6 is 0 Å². The minimum absolute atomic E-state index is 0.360. The minimum atomic E-state index is -0.545. The Hall–Kier alpha value is -3.02. The molecule has 0 saturated carbocycles. The van der Waals surface area contributed by atoms with E-state index < -0.39 is 11.7 Å². The zero-order valence-corrected chi connectivity index (χ0v) is 11.5. The molecule has 0 saturated heterocycles. The topological polar surface area (TPSA) is 107 Å². The van der Waals surface area contributed by atoms with Crippen molar-refractivity contribution in [2.24, 2.45) is 0 Å². The summed E-state index contributed by atoms with van der Waals surface area (Å²) in [6.07, 6.45) is 1.05. The number of fused-ring (bicyclic) bond motifs is 1. The Labute approximate surface area is 125 Å². The van der Waals surface area contributed by atoms with Crippen LogP contribution in [-0.2, 0) is 12.8 Å². The quantitative estimate of drug-likeness (QED) is 0.507. The molecule has 6 heteroatoms. The molecule has 0 unspecified atom stereocenters. The van der Waals surface area contributed by atoms with Crippen LogP contribution in [0.1, 0.15) is 31.8 Å². The van der Waals surface area contributed by atoms with E-state index in [2.05, 4.69) is 5.32 Å². The van der Waals surface area contributed by atoms with Gasteiger partial charge in [-0.3, -0.25) is 14.9 Å². The molecule has 3 rings (SSSR count). The first-order valence-electron chi connectivity index (χ1n) is 6.68. The molecule has 0 radical (unpaired) electrons. The van der Waals surface area contributed by atoms with Crippen molar-refractivity contribution in [3.63, 3.8) is 0 Å². The molecular weight excluding hydrogens is 286 g/mol. The van der Waals surface area contributed by atoms with E-state index in [1.54, 1.807) is 18.2 Å². The Morgan fingerprint density at radius 2 is 1.36 bits per heavy atom. The molecule has 2 amide bonds. The van der Waals surface area contributed by atoms with E-state index in [0.717, 1.165) is 5.56 Å². The lowest BCUT2D eigenvalue weighted by Crippen LogP contribution is -2.19. The number of nitrogens with one attached hydrogen (secondary N) is 1. The highest BCUT2D eigenvalue weighted by molar-refractivity contribution is 6.21. The highest BCUT2D eigenvalue weighted by Gasteiger charge is 2.26. The Bertz CT molecular complexity index is 774. The monoisotopic (exact) mass is 299 g/mol. The molecule has 1 aliphatic heterocycles. The van der Waals surface area contributed by atoms with Crippen LogP contribution < -0.4 is 5.32 Å². The van der Waals surface area contributed by atoms with Gasteiger partial charge in [-0.05, 0) is 48.2 Å². The van der Waals surface area contributed by atoms with E-state index in [1.165, 1.54) is 12.1 Å². The standard InChI is InChI=1S/C16H13NO5/c18-12-6-9(7-13(19)14(12)20)2-1-8-3-4-10-11(5-8)16(22)17-15(10)21/h3-7,18-20H,1-2H2,(H,17,21,22). The number of hydrogen-bond donors (Lipinski definition) is 4. The number of aromatic hydroxyl groups is 3. The molecule has 2 aromatic carbocycles. The van der Waals surface area contributed by atoms with Gasteiger partial charge in [0.1, 0.15) is 0 Å². The van der Waals surface area contributed by atoms with Crippen molar-refractivity contribution in [3.05, 3.63) is 52.6 Å². The summed E-state index contributed by atoms with van der Waals surface area (Å²) in [7, 11) is 0. The second-order valence-electron chi connectivity index (χ2n) is 5.15. The average Bonchev–Trinajstić information content (AvgIpc) is 2.77. The maximum absolute atomic E-state index is 11.6. The van der Waals surface area contributed by atoms with Crippen LogP contribution in [0.25, 0.3) is 0 Å². The molecule has 0 bridgehead atoms. The number of rotatable bonds is 3. The Kier molecular flexibility index (Phi) is 3.21. The van der Waals surface area contributed by atoms with Gasteiger partial charge in [0.25, 0.3) is 11.8 Å². The van der Waals surface area contributed by atoms with E-state index in [4.69, 9.17) is 0 Å². The number of phenolic OH excluding ortho intramolecular Hbond substituents is 3. The number of carbonyl (C=O) groups is 2. The molecule has 112 valence electrons. The summed E-state index contributed by atoms with van der Waals surface area (Å²) in [5.41, 5.74) is 2.23. The van der Waals surface area contributed by atoms with Gasteiger partial charge >= 0.3 is 0 Å². The van der Waals surface area contributed by atoms with Crippen LogP contribution in [0, 0.1) is 0 Å². The molecule has 0 aliphatic carbocycles. The van der Waals surface area contributed by atoms with Gasteiger partial charge in [-0.25, -0.2) is 0 Å². The van der Waals surface area contributed by atoms with E-state index in [0.29, 0.717) is 29.5 Å². The van der Waals surface area contributed by atoms with Crippen LogP contribution in [0.4, 0.5) is 0 Å². The van der Waals surface area contributed by atoms with Crippen LogP contribution in [0.3, 0.4) is 0 Å². The summed E-state index contributed by atoms with van der Waals surface area (Å²) >= 11 is 0. The lowest BCUT2D eigenvalue weighted by Gasteiger charge is -2.07. The Morgan fingerprint density at radius 1 is 0.773 bits per heavy atom. The first-order valence-corrected chi connectivity index (χ1v) is 6.68. The third-order valence-corrected chi connectivity index (χ3v) is 3.63. The molecular formula is C16H13NO5. The number of aryl methyl sites for hydroxylation is 2. The molecule has 1 aliphatic rings. The van der Waals surface area contributed by atoms with E-state index in [-0.39, 0.29) is 17.4 Å². The van der Waals surface area contributed by atoms with Crippen LogP contribution in [0.5, 0.6) is 17.2 Å². The molecule has 0 spiro atoms. The van der Waals surface area contributed by atoms with Crippen molar-refractivity contribution in [2.45, 2.75) is 12.8 Å². The molecule has 0 atom stereocenters. The fourth-order valence-corrected chi connectivity index (χ4v) is 2.46. The average molecular weight is 299 g/mol. The van der Waals surface area contributed by atoms with Crippen molar-refractivity contribution < 1.29 is 24.9 Å². The van der Waals surface area contributed by atoms with Crippen LogP contribution in [0.15, 0.2) is 30.3 Å². The van der Waals surface area contributed by atoms with Gasteiger partial charge in [0.05, 0.1) is 11.1 Å². The highest BCUT2D eigenvalue weighted by atomic mass is 16.3. The van der Waals surface area contributed by atoms with E-state index in [1.807, 2.05) is 0 Å². The number of benzene rings is 2. The van der Waals surface area contributed by atoms with Gasteiger partial charge in [0.2, 0.25) is 0 Å². The van der Waals surface area contributed by atoms with Crippen LogP contribution in [-0.4, -0.2) is 27.1 Å². The normalized spacial score (nSPS) is 13.1. The molecule has 4 N–H and O–H groups in total. The second-order valence-corrected chi connectivity index (χ2v) is 5.15. The third kappa shape index (κ3) is 2.35. The van der Waals surface area contributed by atoms with Crippen molar-refractivity contribution in [1.29, 1.82) is 0 Å². The molecule has 22 heavy (non-hydrogen) atoms. The predicted molar refractivity (Wildman–Crippen MR) is 77.1 cm³/mol. The van der Waals surface area contributed by atoms with E-state index in [9.17, 15) is 24.9 Å². The Balaban J connectivity index is 1.79. The maximum atomic E-state index is 11.6. The molecule has 6 nitrogen and oxygen atoms in total. The van der Waals surface area contributed by atoms with Gasteiger partial charge in [-0.1, -0.05) is 6.07 Å². The first-order chi connectivity index (χ1) is 10.5. The fourth-order valence-electron chi connectivity index (χ4n) is 2.46. The smallest absolute Gasteiger partial charge is 0.258 e. The third-order valence-electron chi connectivity index (χ3n) is 3.63. The maximum Gasteiger partial charge on any atom is 0.258 e. The summed E-state index contributed by atoms with van der Waals surface area (Å²) in [6.45, 7) is 0. The summed E-state index contributed by atoms with van der Waals surface area (Å²) in [4.78, 5) is 23.1. The predicted octanol–water partition coefficient (Wildman–Crippen LogP) is 1.47. The van der Waals surface area contributed by atoms with Gasteiger partial charge in [-0.2, -0.15) is 0 Å². The van der Waals surface area contributed by atoms with Gasteiger partial charge in [0, 0.05) is 0 Å². The second kappa shape index (κ2) is 5.07. The van der Waals surface area contributed by atoms with Crippen molar-refractivity contribution in [3.8, 4) is 17.2 Å².